The number of esters is 1. The van der Waals surface area contributed by atoms with Crippen LogP contribution in [0.2, 0.25) is 5.02 Å². The van der Waals surface area contributed by atoms with Crippen molar-refractivity contribution in [3.63, 3.8) is 0 Å². The Morgan fingerprint density at radius 3 is 2.73 bits per heavy atom. The number of nitrogens with zero attached hydrogens (tertiary/aromatic N) is 1. The standard InChI is InChI=1S/C34H36ClNO3S2/c1-33(2,38)27-10-5-4-8-24(27)12-15-29(41-22-34(17-18-34)20-31(37)39-3)25-9-6-7-23(19-25)11-13-26-14-16-30-32(36-26)28(35)21-40-30/h4-11,13-14,16,19,21,29,38H,12,15,17-18,20,22H2,1-3H3. The number of rotatable bonds is 12. The zero-order chi connectivity index (χ0) is 29.0. The van der Waals surface area contributed by atoms with Gasteiger partial charge in [0.15, 0.2) is 0 Å². The van der Waals surface area contributed by atoms with Crippen LogP contribution in [0.25, 0.3) is 22.4 Å². The average Bonchev–Trinajstić information content (AvgIpc) is 3.63. The van der Waals surface area contributed by atoms with E-state index in [0.29, 0.717) is 11.4 Å². The minimum Gasteiger partial charge on any atom is -0.469 e. The second-order valence-corrected chi connectivity index (χ2v) is 14.0. The molecule has 1 atom stereocenters. The first-order chi connectivity index (χ1) is 19.7. The van der Waals surface area contributed by atoms with Gasteiger partial charge in [-0.05, 0) is 85.4 Å². The number of carbonyl (C=O) groups is 1. The normalized spacial score (nSPS) is 15.3. The van der Waals surface area contributed by atoms with Gasteiger partial charge in [-0.15, -0.1) is 11.3 Å². The minimum atomic E-state index is -0.896. The molecule has 0 spiro atoms. The summed E-state index contributed by atoms with van der Waals surface area (Å²) in [6.45, 7) is 3.69. The van der Waals surface area contributed by atoms with Crippen LogP contribution in [0.1, 0.15) is 72.7 Å². The summed E-state index contributed by atoms with van der Waals surface area (Å²) in [5, 5.41) is 13.6. The summed E-state index contributed by atoms with van der Waals surface area (Å²) in [6, 6.07) is 20.9. The van der Waals surface area contributed by atoms with E-state index < -0.39 is 5.60 Å². The number of thioether (sulfide) groups is 1. The zero-order valence-electron chi connectivity index (χ0n) is 23.7. The maximum atomic E-state index is 12.1. The zero-order valence-corrected chi connectivity index (χ0v) is 26.1. The smallest absolute Gasteiger partial charge is 0.306 e. The quantitative estimate of drug-likeness (QED) is 0.163. The summed E-state index contributed by atoms with van der Waals surface area (Å²) in [5.74, 6) is 0.798. The molecule has 0 bridgehead atoms. The van der Waals surface area contributed by atoms with E-state index in [-0.39, 0.29) is 16.6 Å². The molecular weight excluding hydrogens is 570 g/mol. The number of aryl methyl sites for hydroxylation is 1. The molecule has 0 aliphatic heterocycles. The Hall–Kier alpha value is -2.64. The molecule has 1 unspecified atom stereocenters. The summed E-state index contributed by atoms with van der Waals surface area (Å²) in [5.41, 5.74) is 5.38. The largest absolute Gasteiger partial charge is 0.469 e. The summed E-state index contributed by atoms with van der Waals surface area (Å²) >= 11 is 9.85. The van der Waals surface area contributed by atoms with Gasteiger partial charge in [0.25, 0.3) is 0 Å². The van der Waals surface area contributed by atoms with Crippen LogP contribution < -0.4 is 0 Å². The Kier molecular flexibility index (Phi) is 9.24. The lowest BCUT2D eigenvalue weighted by Gasteiger charge is -2.24. The third-order valence-electron chi connectivity index (χ3n) is 7.77. The van der Waals surface area contributed by atoms with Gasteiger partial charge in [-0.1, -0.05) is 66.2 Å². The van der Waals surface area contributed by atoms with Crippen molar-refractivity contribution >= 4 is 63.0 Å². The molecule has 0 radical (unpaired) electrons. The molecule has 1 aliphatic rings. The number of methoxy groups -OCH3 is 1. The molecule has 41 heavy (non-hydrogen) atoms. The highest BCUT2D eigenvalue weighted by Gasteiger charge is 2.45. The van der Waals surface area contributed by atoms with Crippen LogP contribution in [0.5, 0.6) is 0 Å². The molecular formula is C34H36ClNO3S2. The third kappa shape index (κ3) is 7.61. The number of carbonyl (C=O) groups excluding carboxylic acids is 1. The fourth-order valence-electron chi connectivity index (χ4n) is 5.21. The summed E-state index contributed by atoms with van der Waals surface area (Å²) in [4.78, 5) is 16.8. The van der Waals surface area contributed by atoms with Gasteiger partial charge < -0.3 is 9.84 Å². The van der Waals surface area contributed by atoms with Crippen molar-refractivity contribution in [3.8, 4) is 0 Å². The van der Waals surface area contributed by atoms with Crippen molar-refractivity contribution in [2.45, 2.75) is 56.8 Å². The molecule has 0 amide bonds. The van der Waals surface area contributed by atoms with Crippen molar-refractivity contribution in [1.82, 2.24) is 4.98 Å². The number of ether oxygens (including phenoxy) is 1. The number of aromatic nitrogens is 1. The lowest BCUT2D eigenvalue weighted by atomic mass is 9.90. The highest BCUT2D eigenvalue weighted by atomic mass is 35.5. The SMILES string of the molecule is COC(=O)CC1(CSC(CCc2ccccc2C(C)(C)O)c2cccc(C=Cc3ccc4scc(Cl)c4n3)c2)CC1. The van der Waals surface area contributed by atoms with Gasteiger partial charge in [0.2, 0.25) is 0 Å². The second-order valence-electron chi connectivity index (χ2n) is 11.5. The number of hydrogen-bond acceptors (Lipinski definition) is 6. The number of aliphatic hydroxyl groups is 1. The van der Waals surface area contributed by atoms with E-state index in [2.05, 4.69) is 42.5 Å². The van der Waals surface area contributed by atoms with E-state index >= 15 is 0 Å². The Morgan fingerprint density at radius 2 is 1.98 bits per heavy atom. The molecule has 1 aliphatic carbocycles. The van der Waals surface area contributed by atoms with Gasteiger partial charge in [-0.3, -0.25) is 4.79 Å². The lowest BCUT2D eigenvalue weighted by molar-refractivity contribution is -0.141. The number of benzene rings is 2. The topological polar surface area (TPSA) is 59.4 Å². The van der Waals surface area contributed by atoms with Gasteiger partial charge in [0.1, 0.15) is 5.52 Å². The van der Waals surface area contributed by atoms with E-state index in [1.165, 1.54) is 18.2 Å². The first kappa shape index (κ1) is 29.8. The van der Waals surface area contributed by atoms with Crippen molar-refractivity contribution < 1.29 is 14.6 Å². The predicted octanol–water partition coefficient (Wildman–Crippen LogP) is 9.10. The fraction of sp³-hybridized carbons (Fsp3) is 0.353. The van der Waals surface area contributed by atoms with E-state index in [1.54, 1.807) is 11.3 Å². The predicted molar refractivity (Wildman–Crippen MR) is 174 cm³/mol. The average molecular weight is 606 g/mol. The van der Waals surface area contributed by atoms with Gasteiger partial charge >= 0.3 is 5.97 Å². The fourth-order valence-corrected chi connectivity index (χ4v) is 7.87. The monoisotopic (exact) mass is 605 g/mol. The van der Waals surface area contributed by atoms with E-state index in [0.717, 1.165) is 58.5 Å². The first-order valence-corrected chi connectivity index (χ1v) is 16.3. The van der Waals surface area contributed by atoms with Gasteiger partial charge in [-0.2, -0.15) is 11.8 Å². The van der Waals surface area contributed by atoms with Crippen molar-refractivity contribution in [2.75, 3.05) is 12.9 Å². The first-order valence-electron chi connectivity index (χ1n) is 14.0. The van der Waals surface area contributed by atoms with Crippen molar-refractivity contribution in [3.05, 3.63) is 99.0 Å². The summed E-state index contributed by atoms with van der Waals surface area (Å²) < 4.78 is 6.07. The molecule has 1 N–H and O–H groups in total. The maximum Gasteiger partial charge on any atom is 0.306 e. The van der Waals surface area contributed by atoms with Gasteiger partial charge in [0.05, 0.1) is 34.5 Å². The molecule has 4 aromatic rings. The molecule has 4 nitrogen and oxygen atoms in total. The van der Waals surface area contributed by atoms with Crippen LogP contribution in [0.4, 0.5) is 0 Å². The van der Waals surface area contributed by atoms with Gasteiger partial charge in [-0.25, -0.2) is 4.98 Å². The van der Waals surface area contributed by atoms with Crippen molar-refractivity contribution in [1.29, 1.82) is 0 Å². The molecule has 214 valence electrons. The number of thiophene rings is 1. The summed E-state index contributed by atoms with van der Waals surface area (Å²) in [6.07, 6.45) is 8.53. The molecule has 5 rings (SSSR count). The number of halogens is 1. The maximum absolute atomic E-state index is 12.1. The molecule has 2 aromatic carbocycles. The molecule has 2 heterocycles. The molecule has 0 saturated heterocycles. The Bertz CT molecular complexity index is 1550. The second kappa shape index (κ2) is 12.7. The van der Waals surface area contributed by atoms with E-state index in [9.17, 15) is 9.90 Å². The van der Waals surface area contributed by atoms with Crippen LogP contribution in [0.15, 0.2) is 66.0 Å². The van der Waals surface area contributed by atoms with E-state index in [4.69, 9.17) is 21.3 Å². The van der Waals surface area contributed by atoms with Crippen LogP contribution in [0, 0.1) is 5.41 Å². The molecule has 2 aromatic heterocycles. The number of pyridine rings is 1. The third-order valence-corrected chi connectivity index (χ3v) is 10.8. The van der Waals surface area contributed by atoms with Gasteiger partial charge in [0, 0.05) is 16.4 Å². The Balaban J connectivity index is 1.37. The molecule has 7 heteroatoms. The van der Waals surface area contributed by atoms with Crippen molar-refractivity contribution in [2.24, 2.45) is 5.41 Å². The number of hydrogen-bond donors (Lipinski definition) is 1. The Morgan fingerprint density at radius 1 is 1.17 bits per heavy atom. The van der Waals surface area contributed by atoms with E-state index in [1.807, 2.05) is 61.3 Å². The summed E-state index contributed by atoms with van der Waals surface area (Å²) in [7, 11) is 1.47. The minimum absolute atomic E-state index is 0.0474. The highest BCUT2D eigenvalue weighted by molar-refractivity contribution is 7.99. The van der Waals surface area contributed by atoms with Crippen LogP contribution in [0.3, 0.4) is 0 Å². The molecule has 1 fully saturated rings. The van der Waals surface area contributed by atoms with Crippen LogP contribution in [-0.4, -0.2) is 28.9 Å². The number of fused-ring (bicyclic) bond motifs is 1. The van der Waals surface area contributed by atoms with Crippen LogP contribution in [-0.2, 0) is 21.6 Å². The van der Waals surface area contributed by atoms with Crippen LogP contribution >= 0.6 is 34.7 Å². The highest BCUT2D eigenvalue weighted by Crippen LogP contribution is 2.53. The molecule has 1 saturated carbocycles. The lowest BCUT2D eigenvalue weighted by Crippen LogP contribution is -2.18. The Labute approximate surface area is 255 Å².